The molecule has 4 rings (SSSR count). The van der Waals surface area contributed by atoms with Gasteiger partial charge in [-0.05, 0) is 60.1 Å². The van der Waals surface area contributed by atoms with E-state index in [9.17, 15) is 20.1 Å². The maximum absolute atomic E-state index is 12.3. The van der Waals surface area contributed by atoms with Crippen molar-refractivity contribution in [1.82, 2.24) is 0 Å². The van der Waals surface area contributed by atoms with Gasteiger partial charge in [0.2, 0.25) is 6.73 Å². The number of ether oxygens (including phenoxy) is 1. The van der Waals surface area contributed by atoms with Crippen LogP contribution in [-0.4, -0.2) is 52.3 Å². The zero-order chi connectivity index (χ0) is 28.6. The van der Waals surface area contributed by atoms with Gasteiger partial charge in [0.05, 0.1) is 23.9 Å². The number of ketones is 1. The van der Waals surface area contributed by atoms with E-state index in [-0.39, 0.29) is 30.8 Å². The van der Waals surface area contributed by atoms with Crippen molar-refractivity contribution in [3.05, 3.63) is 82.7 Å². The van der Waals surface area contributed by atoms with Crippen LogP contribution in [0.5, 0.6) is 11.5 Å². The summed E-state index contributed by atoms with van der Waals surface area (Å²) in [6.45, 7) is 2.97. The molecule has 0 saturated heterocycles. The molecule has 0 aliphatic carbocycles. The van der Waals surface area contributed by atoms with Crippen LogP contribution in [0.2, 0.25) is 0 Å². The molecule has 8 N–H and O–H groups in total. The molecule has 2 aromatic rings. The predicted molar refractivity (Wildman–Crippen MR) is 154 cm³/mol. The first-order chi connectivity index (χ1) is 19.2. The van der Waals surface area contributed by atoms with Crippen molar-refractivity contribution in [3.8, 4) is 11.5 Å². The number of nitrogens with one attached hydrogen (secondary N) is 1. The number of benzene rings is 2. The molecule has 0 bridgehead atoms. The van der Waals surface area contributed by atoms with Crippen LogP contribution < -0.4 is 21.1 Å². The SMILES string of the molecule is CCCC(O)CC(O)CC(=O)CCc1ccc(O)c(OC[NH+]2C=C3C(Cc4cccc(C(N)N)c4)=CN=C3C2)c1. The molecule has 0 amide bonds. The average molecular weight is 550 g/mol. The number of hydrogen-bond donors (Lipinski definition) is 6. The third kappa shape index (κ3) is 8.09. The molecule has 9 heteroatoms. The molecule has 2 aliphatic heterocycles. The Morgan fingerprint density at radius 2 is 1.95 bits per heavy atom. The van der Waals surface area contributed by atoms with Crippen molar-refractivity contribution in [2.75, 3.05) is 13.3 Å². The molecule has 0 saturated carbocycles. The number of aliphatic hydroxyl groups is 2. The third-order valence-electron chi connectivity index (χ3n) is 7.27. The summed E-state index contributed by atoms with van der Waals surface area (Å²) < 4.78 is 5.97. The third-order valence-corrected chi connectivity index (χ3v) is 7.27. The molecule has 2 aliphatic rings. The summed E-state index contributed by atoms with van der Waals surface area (Å²) in [6.07, 6.45) is 5.25. The second-order valence-electron chi connectivity index (χ2n) is 10.7. The van der Waals surface area contributed by atoms with Crippen LogP contribution in [0.25, 0.3) is 0 Å². The summed E-state index contributed by atoms with van der Waals surface area (Å²) in [6, 6.07) is 13.1. The second kappa shape index (κ2) is 13.8. The van der Waals surface area contributed by atoms with Crippen molar-refractivity contribution >= 4 is 11.5 Å². The van der Waals surface area contributed by atoms with Crippen LogP contribution in [0.3, 0.4) is 0 Å². The Balaban J connectivity index is 1.28. The Labute approximate surface area is 235 Å². The highest BCUT2D eigenvalue weighted by Crippen LogP contribution is 2.28. The van der Waals surface area contributed by atoms with Gasteiger partial charge in [0, 0.05) is 19.0 Å². The number of quaternary nitrogens is 1. The van der Waals surface area contributed by atoms with Crippen molar-refractivity contribution in [3.63, 3.8) is 0 Å². The number of aromatic hydroxyl groups is 1. The molecule has 0 fully saturated rings. The monoisotopic (exact) mass is 549 g/mol. The van der Waals surface area contributed by atoms with Crippen LogP contribution in [0.15, 0.2) is 71.0 Å². The van der Waals surface area contributed by atoms with Gasteiger partial charge in [-0.15, -0.1) is 0 Å². The van der Waals surface area contributed by atoms with Gasteiger partial charge in [0.1, 0.15) is 24.2 Å². The molecule has 2 aromatic carbocycles. The lowest BCUT2D eigenvalue weighted by Crippen LogP contribution is -3.07. The fraction of sp³-hybridized carbons (Fsp3) is 0.419. The molecule has 0 aromatic heterocycles. The molecule has 40 heavy (non-hydrogen) atoms. The first kappa shape index (κ1) is 29.6. The Morgan fingerprint density at radius 1 is 1.12 bits per heavy atom. The zero-order valence-corrected chi connectivity index (χ0v) is 23.1. The van der Waals surface area contributed by atoms with Gasteiger partial charge in [-0.1, -0.05) is 43.7 Å². The number of fused-ring (bicyclic) bond motifs is 1. The molecule has 3 atom stereocenters. The molecular weight excluding hydrogens is 508 g/mol. The standard InChI is InChI=1S/C31H40N4O5/c1-2-4-24(36)14-26(38)15-25(37)9-7-20-8-10-29(39)30(13-20)40-19-35-17-27-23(16-34-28(27)18-35)12-21-5-3-6-22(11-21)31(32)33/h3,5-6,8,10-11,13,16-17,24,26,31,36,38-39H,2,4,7,9,12,14-15,18-19,32-33H2,1H3/p+1. The lowest BCUT2D eigenvalue weighted by molar-refractivity contribution is -0.851. The molecule has 2 heterocycles. The van der Waals surface area contributed by atoms with Gasteiger partial charge in [0.15, 0.2) is 11.5 Å². The second-order valence-corrected chi connectivity index (χ2v) is 10.7. The van der Waals surface area contributed by atoms with E-state index in [1.807, 2.05) is 31.3 Å². The number of aliphatic imine (C=N–C) groups is 1. The number of aliphatic hydroxyl groups excluding tert-OH is 2. The van der Waals surface area contributed by atoms with Crippen molar-refractivity contribution in [2.24, 2.45) is 16.5 Å². The van der Waals surface area contributed by atoms with Gasteiger partial charge in [-0.2, -0.15) is 0 Å². The number of carbonyl (C=O) groups is 1. The van der Waals surface area contributed by atoms with Crippen molar-refractivity contribution in [2.45, 2.75) is 70.2 Å². The van der Waals surface area contributed by atoms with E-state index in [2.05, 4.69) is 17.3 Å². The van der Waals surface area contributed by atoms with Crippen LogP contribution in [0, 0.1) is 0 Å². The molecule has 9 nitrogen and oxygen atoms in total. The van der Waals surface area contributed by atoms with Gasteiger partial charge in [-0.3, -0.25) is 14.7 Å². The summed E-state index contributed by atoms with van der Waals surface area (Å²) in [5.41, 5.74) is 17.8. The molecule has 0 spiro atoms. The summed E-state index contributed by atoms with van der Waals surface area (Å²) in [7, 11) is 0. The number of phenols is 1. The van der Waals surface area contributed by atoms with E-state index in [1.54, 1.807) is 18.2 Å². The number of allylic oxidation sites excluding steroid dienone is 1. The molecule has 214 valence electrons. The predicted octanol–water partition coefficient (Wildman–Crippen LogP) is 1.81. The van der Waals surface area contributed by atoms with Crippen LogP contribution >= 0.6 is 0 Å². The molecule has 3 unspecified atom stereocenters. The van der Waals surface area contributed by atoms with E-state index in [4.69, 9.17) is 16.2 Å². The highest BCUT2D eigenvalue weighted by atomic mass is 16.5. The Hall–Kier alpha value is -3.34. The normalized spacial score (nSPS) is 17.8. The number of rotatable bonds is 15. The lowest BCUT2D eigenvalue weighted by atomic mass is 9.98. The van der Waals surface area contributed by atoms with Crippen LogP contribution in [0.1, 0.15) is 61.9 Å². The Kier molecular flexibility index (Phi) is 10.2. The summed E-state index contributed by atoms with van der Waals surface area (Å²) >= 11 is 0. The highest BCUT2D eigenvalue weighted by Gasteiger charge is 2.30. The van der Waals surface area contributed by atoms with E-state index < -0.39 is 18.4 Å². The molecular formula is C31H41N4O5+. The minimum Gasteiger partial charge on any atom is -0.504 e. The number of nitrogens with two attached hydrogens (primary N) is 2. The van der Waals surface area contributed by atoms with Gasteiger partial charge in [-0.25, -0.2) is 0 Å². The first-order valence-corrected chi connectivity index (χ1v) is 14.0. The first-order valence-electron chi connectivity index (χ1n) is 14.0. The quantitative estimate of drug-likeness (QED) is 0.185. The average Bonchev–Trinajstić information content (AvgIpc) is 3.48. The summed E-state index contributed by atoms with van der Waals surface area (Å²) in [5, 5.41) is 30.3. The van der Waals surface area contributed by atoms with Crippen LogP contribution in [-0.2, 0) is 17.6 Å². The number of Topliss-reactive ketones (excluding diaryl/α,β-unsaturated/α-hetero) is 1. The zero-order valence-electron chi connectivity index (χ0n) is 23.1. The number of phenolic OH excluding ortho intramolecular Hbond substituents is 1. The fourth-order valence-corrected chi connectivity index (χ4v) is 5.13. The number of nitrogens with zero attached hydrogens (tertiary/aromatic N) is 1. The van der Waals surface area contributed by atoms with E-state index in [0.29, 0.717) is 31.9 Å². The number of carbonyl (C=O) groups excluding carboxylic acids is 1. The van der Waals surface area contributed by atoms with Crippen molar-refractivity contribution < 1.29 is 29.8 Å². The smallest absolute Gasteiger partial charge is 0.227 e. The Bertz CT molecular complexity index is 1290. The van der Waals surface area contributed by atoms with Crippen LogP contribution in [0.4, 0.5) is 0 Å². The summed E-state index contributed by atoms with van der Waals surface area (Å²) in [5.74, 6) is 0.342. The minimum absolute atomic E-state index is 0.0293. The van der Waals surface area contributed by atoms with Gasteiger partial charge in [0.25, 0.3) is 0 Å². The molecule has 0 radical (unpaired) electrons. The van der Waals surface area contributed by atoms with E-state index in [0.717, 1.165) is 51.3 Å². The minimum atomic E-state index is -0.834. The highest BCUT2D eigenvalue weighted by molar-refractivity contribution is 6.08. The van der Waals surface area contributed by atoms with Gasteiger partial charge >= 0.3 is 0 Å². The lowest BCUT2D eigenvalue weighted by Gasteiger charge is -2.15. The van der Waals surface area contributed by atoms with E-state index in [1.165, 1.54) is 0 Å². The number of aryl methyl sites for hydroxylation is 1. The largest absolute Gasteiger partial charge is 0.504 e. The maximum atomic E-state index is 12.3. The van der Waals surface area contributed by atoms with Crippen molar-refractivity contribution in [1.29, 1.82) is 0 Å². The van der Waals surface area contributed by atoms with E-state index >= 15 is 0 Å². The number of hydrogen-bond acceptors (Lipinski definition) is 8. The fourth-order valence-electron chi connectivity index (χ4n) is 5.13. The van der Waals surface area contributed by atoms with Gasteiger partial charge < -0.3 is 31.5 Å². The topological polar surface area (TPSA) is 156 Å². The Morgan fingerprint density at radius 3 is 2.73 bits per heavy atom. The summed E-state index contributed by atoms with van der Waals surface area (Å²) in [4.78, 5) is 18.0. The maximum Gasteiger partial charge on any atom is 0.227 e.